The molecule has 0 radical (unpaired) electrons. The molecule has 3 aromatic rings. The van der Waals surface area contributed by atoms with Crippen LogP contribution in [0.15, 0.2) is 67.4 Å². The number of hydrogen-bond acceptors (Lipinski definition) is 4. The largest absolute Gasteiger partial charge is 0.490 e. The van der Waals surface area contributed by atoms with Crippen LogP contribution < -0.4 is 10.1 Å². The molecule has 0 saturated carbocycles. The Bertz CT molecular complexity index is 1000. The number of nitrogens with zero attached hydrogens (tertiary/aromatic N) is 2. The van der Waals surface area contributed by atoms with Crippen LogP contribution in [0, 0.1) is 0 Å². The molecule has 6 heteroatoms. The Morgan fingerprint density at radius 1 is 1.10 bits per heavy atom. The second-order valence-corrected chi connectivity index (χ2v) is 7.31. The van der Waals surface area contributed by atoms with Crippen LogP contribution in [0.1, 0.15) is 10.4 Å². The SMILES string of the molecule is C=CCOc1ccc(C(=O)Nc2ccc3c(ccn3CCN3CCOCC3)c2)cc1. The Morgan fingerprint density at radius 3 is 2.67 bits per heavy atom. The van der Waals surface area contributed by atoms with Gasteiger partial charge in [0.2, 0.25) is 0 Å². The van der Waals surface area contributed by atoms with Crippen molar-refractivity contribution in [3.8, 4) is 5.75 Å². The topological polar surface area (TPSA) is 55.7 Å². The molecule has 1 N–H and O–H groups in total. The van der Waals surface area contributed by atoms with Gasteiger partial charge in [-0.15, -0.1) is 0 Å². The number of rotatable bonds is 8. The van der Waals surface area contributed by atoms with Crippen molar-refractivity contribution in [2.45, 2.75) is 6.54 Å². The molecule has 1 amide bonds. The molecule has 0 spiro atoms. The van der Waals surface area contributed by atoms with E-state index in [-0.39, 0.29) is 5.91 Å². The standard InChI is InChI=1S/C24H27N3O3/c1-2-15-30-22-6-3-19(4-7-22)24(28)25-21-5-8-23-20(18-21)9-10-27(23)12-11-26-13-16-29-17-14-26/h2-10,18H,1,11-17H2,(H,25,28). The number of morpholine rings is 1. The van der Waals surface area contributed by atoms with Crippen LogP contribution in [-0.4, -0.2) is 54.8 Å². The third kappa shape index (κ3) is 4.90. The third-order valence-corrected chi connectivity index (χ3v) is 5.27. The molecule has 2 aromatic carbocycles. The minimum absolute atomic E-state index is 0.142. The van der Waals surface area contributed by atoms with Gasteiger partial charge in [-0.3, -0.25) is 9.69 Å². The van der Waals surface area contributed by atoms with Gasteiger partial charge in [-0.2, -0.15) is 0 Å². The van der Waals surface area contributed by atoms with Crippen LogP contribution in [0.3, 0.4) is 0 Å². The summed E-state index contributed by atoms with van der Waals surface area (Å²) in [4.78, 5) is 15.0. The molecule has 1 aromatic heterocycles. The number of carbonyl (C=O) groups is 1. The molecule has 1 saturated heterocycles. The van der Waals surface area contributed by atoms with Crippen LogP contribution in [-0.2, 0) is 11.3 Å². The summed E-state index contributed by atoms with van der Waals surface area (Å²) in [6.45, 7) is 9.65. The first-order valence-corrected chi connectivity index (χ1v) is 10.3. The van der Waals surface area contributed by atoms with E-state index in [9.17, 15) is 4.79 Å². The Hall–Kier alpha value is -3.09. The Morgan fingerprint density at radius 2 is 1.90 bits per heavy atom. The van der Waals surface area contributed by atoms with Gasteiger partial charge in [-0.1, -0.05) is 12.7 Å². The van der Waals surface area contributed by atoms with Gasteiger partial charge in [-0.25, -0.2) is 0 Å². The zero-order chi connectivity index (χ0) is 20.8. The predicted octanol–water partition coefficient (Wildman–Crippen LogP) is 3.79. The van der Waals surface area contributed by atoms with Gasteiger partial charge in [0.25, 0.3) is 5.91 Å². The number of carbonyl (C=O) groups excluding carboxylic acids is 1. The van der Waals surface area contributed by atoms with Gasteiger partial charge in [0.15, 0.2) is 0 Å². The van der Waals surface area contributed by atoms with Crippen molar-refractivity contribution in [3.63, 3.8) is 0 Å². The summed E-state index contributed by atoms with van der Waals surface area (Å²) >= 11 is 0. The monoisotopic (exact) mass is 405 g/mol. The Labute approximate surface area is 176 Å². The average molecular weight is 405 g/mol. The fourth-order valence-electron chi connectivity index (χ4n) is 3.61. The maximum Gasteiger partial charge on any atom is 0.255 e. The van der Waals surface area contributed by atoms with Crippen molar-refractivity contribution in [1.82, 2.24) is 9.47 Å². The zero-order valence-electron chi connectivity index (χ0n) is 17.0. The summed E-state index contributed by atoms with van der Waals surface area (Å²) in [6, 6.07) is 15.2. The maximum atomic E-state index is 12.6. The van der Waals surface area contributed by atoms with E-state index in [4.69, 9.17) is 9.47 Å². The van der Waals surface area contributed by atoms with E-state index >= 15 is 0 Å². The van der Waals surface area contributed by atoms with Gasteiger partial charge >= 0.3 is 0 Å². The number of aromatic nitrogens is 1. The summed E-state index contributed by atoms with van der Waals surface area (Å²) in [5.74, 6) is 0.572. The van der Waals surface area contributed by atoms with E-state index in [1.54, 1.807) is 30.3 Å². The normalized spacial score (nSPS) is 14.5. The highest BCUT2D eigenvalue weighted by Gasteiger charge is 2.11. The first-order valence-electron chi connectivity index (χ1n) is 10.3. The van der Waals surface area contributed by atoms with E-state index in [1.807, 2.05) is 12.1 Å². The third-order valence-electron chi connectivity index (χ3n) is 5.27. The van der Waals surface area contributed by atoms with Gasteiger partial charge in [0.1, 0.15) is 12.4 Å². The van der Waals surface area contributed by atoms with Crippen molar-refractivity contribution in [3.05, 3.63) is 72.9 Å². The van der Waals surface area contributed by atoms with Crippen molar-refractivity contribution in [1.29, 1.82) is 0 Å². The van der Waals surface area contributed by atoms with E-state index in [0.29, 0.717) is 17.9 Å². The van der Waals surface area contributed by atoms with Gasteiger partial charge in [0, 0.05) is 54.5 Å². The lowest BCUT2D eigenvalue weighted by Gasteiger charge is -2.26. The van der Waals surface area contributed by atoms with Crippen molar-refractivity contribution < 1.29 is 14.3 Å². The zero-order valence-corrected chi connectivity index (χ0v) is 17.0. The second kappa shape index (κ2) is 9.61. The van der Waals surface area contributed by atoms with E-state index in [0.717, 1.165) is 50.5 Å². The smallest absolute Gasteiger partial charge is 0.255 e. The lowest BCUT2D eigenvalue weighted by molar-refractivity contribution is 0.0365. The number of fused-ring (bicyclic) bond motifs is 1. The molecule has 0 unspecified atom stereocenters. The highest BCUT2D eigenvalue weighted by atomic mass is 16.5. The van der Waals surface area contributed by atoms with Crippen LogP contribution in [0.25, 0.3) is 10.9 Å². The first-order chi connectivity index (χ1) is 14.7. The van der Waals surface area contributed by atoms with E-state index < -0.39 is 0 Å². The van der Waals surface area contributed by atoms with Crippen LogP contribution in [0.5, 0.6) is 5.75 Å². The molecule has 30 heavy (non-hydrogen) atoms. The fourth-order valence-corrected chi connectivity index (χ4v) is 3.61. The summed E-state index contributed by atoms with van der Waals surface area (Å²) in [5.41, 5.74) is 2.54. The minimum atomic E-state index is -0.142. The Balaban J connectivity index is 1.38. The fraction of sp³-hybridized carbons (Fsp3) is 0.292. The van der Waals surface area contributed by atoms with Crippen LogP contribution in [0.2, 0.25) is 0 Å². The number of benzene rings is 2. The number of hydrogen-bond donors (Lipinski definition) is 1. The lowest BCUT2D eigenvalue weighted by atomic mass is 10.2. The van der Waals surface area contributed by atoms with Crippen LogP contribution >= 0.6 is 0 Å². The van der Waals surface area contributed by atoms with E-state index in [1.165, 1.54) is 5.52 Å². The average Bonchev–Trinajstić information content (AvgIpc) is 3.19. The summed E-state index contributed by atoms with van der Waals surface area (Å²) in [5, 5.41) is 4.09. The van der Waals surface area contributed by atoms with Crippen molar-refractivity contribution >= 4 is 22.5 Å². The second-order valence-electron chi connectivity index (χ2n) is 7.31. The highest BCUT2D eigenvalue weighted by molar-refractivity contribution is 6.05. The molecule has 0 bridgehead atoms. The highest BCUT2D eigenvalue weighted by Crippen LogP contribution is 2.22. The minimum Gasteiger partial charge on any atom is -0.490 e. The molecule has 4 rings (SSSR count). The van der Waals surface area contributed by atoms with Crippen molar-refractivity contribution in [2.75, 3.05) is 44.8 Å². The molecule has 156 valence electrons. The van der Waals surface area contributed by atoms with E-state index in [2.05, 4.69) is 39.7 Å². The van der Waals surface area contributed by atoms with Crippen molar-refractivity contribution in [2.24, 2.45) is 0 Å². The number of anilines is 1. The summed E-state index contributed by atoms with van der Waals surface area (Å²) in [7, 11) is 0. The molecule has 2 heterocycles. The molecule has 0 atom stereocenters. The molecule has 0 aliphatic carbocycles. The van der Waals surface area contributed by atoms with Crippen LogP contribution in [0.4, 0.5) is 5.69 Å². The number of amides is 1. The quantitative estimate of drug-likeness (QED) is 0.580. The molecule has 1 aliphatic heterocycles. The molecular weight excluding hydrogens is 378 g/mol. The summed E-state index contributed by atoms with van der Waals surface area (Å²) in [6.07, 6.45) is 3.80. The van der Waals surface area contributed by atoms with Gasteiger partial charge in [-0.05, 0) is 48.5 Å². The number of ether oxygens (including phenoxy) is 2. The maximum absolute atomic E-state index is 12.6. The molecule has 6 nitrogen and oxygen atoms in total. The first kappa shape index (κ1) is 20.2. The summed E-state index contributed by atoms with van der Waals surface area (Å²) < 4.78 is 13.1. The lowest BCUT2D eigenvalue weighted by Crippen LogP contribution is -2.38. The molecule has 1 fully saturated rings. The molecule has 1 aliphatic rings. The molecular formula is C24H27N3O3. The van der Waals surface area contributed by atoms with Gasteiger partial charge < -0.3 is 19.4 Å². The van der Waals surface area contributed by atoms with Gasteiger partial charge in [0.05, 0.1) is 13.2 Å². The predicted molar refractivity (Wildman–Crippen MR) is 119 cm³/mol. The Kier molecular flexibility index (Phi) is 6.47. The number of nitrogens with one attached hydrogen (secondary N) is 1.